The Balaban J connectivity index is 2.02. The van der Waals surface area contributed by atoms with Gasteiger partial charge in [0.1, 0.15) is 0 Å². The summed E-state index contributed by atoms with van der Waals surface area (Å²) in [6, 6.07) is 8.51. The zero-order valence-corrected chi connectivity index (χ0v) is 12.0. The van der Waals surface area contributed by atoms with Gasteiger partial charge < -0.3 is 11.1 Å². The second-order valence-corrected chi connectivity index (χ2v) is 5.29. The molecule has 1 aromatic rings. The molecule has 0 amide bonds. The predicted molar refractivity (Wildman–Crippen MR) is 87.4 cm³/mol. The van der Waals surface area contributed by atoms with E-state index in [4.69, 9.17) is 5.73 Å². The van der Waals surface area contributed by atoms with Crippen LogP contribution in [-0.4, -0.2) is 0 Å². The lowest BCUT2D eigenvalue weighted by Gasteiger charge is -2.08. The molecule has 20 heavy (non-hydrogen) atoms. The van der Waals surface area contributed by atoms with E-state index in [1.54, 1.807) is 6.08 Å². The monoisotopic (exact) mass is 266 g/mol. The molecule has 1 aromatic carbocycles. The number of allylic oxidation sites excluding steroid dienone is 4. The summed E-state index contributed by atoms with van der Waals surface area (Å²) in [7, 11) is 0. The van der Waals surface area contributed by atoms with Gasteiger partial charge >= 0.3 is 0 Å². The van der Waals surface area contributed by atoms with Crippen molar-refractivity contribution < 1.29 is 0 Å². The maximum absolute atomic E-state index is 5.93. The molecule has 2 rings (SSSR count). The third kappa shape index (κ3) is 4.16. The lowest BCUT2D eigenvalue weighted by molar-refractivity contribution is 1.13. The minimum Gasteiger partial charge on any atom is -0.399 e. The minimum atomic E-state index is 0.665. The van der Waals surface area contributed by atoms with Gasteiger partial charge in [0.05, 0.1) is 0 Å². The van der Waals surface area contributed by atoms with Crippen LogP contribution in [0.15, 0.2) is 72.6 Å². The molecule has 104 valence electrons. The Kier molecular flexibility index (Phi) is 4.46. The zero-order chi connectivity index (χ0) is 14.5. The maximum atomic E-state index is 5.93. The molecule has 0 aromatic heterocycles. The molecule has 0 atom stereocenters. The van der Waals surface area contributed by atoms with Crippen molar-refractivity contribution in [1.29, 1.82) is 0 Å². The van der Waals surface area contributed by atoms with E-state index in [0.29, 0.717) is 5.70 Å². The van der Waals surface area contributed by atoms with E-state index >= 15 is 0 Å². The number of nitrogens with two attached hydrogens (primary N) is 1. The number of hydrogen-bond acceptors (Lipinski definition) is 2. The van der Waals surface area contributed by atoms with E-state index in [9.17, 15) is 0 Å². The molecule has 1 aliphatic rings. The molecule has 0 saturated heterocycles. The van der Waals surface area contributed by atoms with Gasteiger partial charge in [0.15, 0.2) is 0 Å². The van der Waals surface area contributed by atoms with Crippen LogP contribution in [0.3, 0.4) is 0 Å². The first-order chi connectivity index (χ1) is 9.58. The highest BCUT2D eigenvalue weighted by molar-refractivity contribution is 5.53. The summed E-state index contributed by atoms with van der Waals surface area (Å²) in [6.45, 7) is 9.66. The van der Waals surface area contributed by atoms with Gasteiger partial charge in [-0.1, -0.05) is 31.4 Å². The lowest BCUT2D eigenvalue weighted by Crippen LogP contribution is -2.00. The van der Waals surface area contributed by atoms with Crippen LogP contribution in [0.1, 0.15) is 31.2 Å². The lowest BCUT2D eigenvalue weighted by atomic mass is 10.1. The van der Waals surface area contributed by atoms with Crippen LogP contribution in [0.4, 0.5) is 5.69 Å². The summed E-state index contributed by atoms with van der Waals surface area (Å²) in [5.74, 6) is 0.754. The van der Waals surface area contributed by atoms with Crippen LogP contribution >= 0.6 is 0 Å². The molecule has 0 radical (unpaired) electrons. The van der Waals surface area contributed by atoms with Crippen LogP contribution in [-0.2, 0) is 0 Å². The van der Waals surface area contributed by atoms with Gasteiger partial charge in [-0.25, -0.2) is 0 Å². The molecule has 2 heteroatoms. The zero-order valence-electron chi connectivity index (χ0n) is 12.0. The highest BCUT2D eigenvalue weighted by atomic mass is 14.9. The molecule has 0 aliphatic heterocycles. The number of hydrogen-bond donors (Lipinski definition) is 2. The predicted octanol–water partition coefficient (Wildman–Crippen LogP) is 4.46. The second-order valence-electron chi connectivity index (χ2n) is 5.29. The maximum Gasteiger partial charge on any atom is 0.0386 e. The molecular formula is C18H22N2. The molecule has 1 fully saturated rings. The van der Waals surface area contributed by atoms with E-state index in [0.717, 1.165) is 22.9 Å². The van der Waals surface area contributed by atoms with Gasteiger partial charge in [0.2, 0.25) is 0 Å². The summed E-state index contributed by atoms with van der Waals surface area (Å²) in [5.41, 5.74) is 10.9. The Morgan fingerprint density at radius 1 is 1.35 bits per heavy atom. The normalized spacial score (nSPS) is 15.8. The first-order valence-corrected chi connectivity index (χ1v) is 6.92. The van der Waals surface area contributed by atoms with Crippen LogP contribution in [0, 0.1) is 0 Å². The number of anilines is 1. The fourth-order valence-corrected chi connectivity index (χ4v) is 2.07. The SMILES string of the molecule is C=C/C(C)=C/C(N)=C\C(=C)Nc1cccc(C2CC2)c1. The molecule has 2 nitrogen and oxygen atoms in total. The van der Waals surface area contributed by atoms with Crippen molar-refractivity contribution in [2.45, 2.75) is 25.7 Å². The molecule has 1 saturated carbocycles. The summed E-state index contributed by atoms with van der Waals surface area (Å²) in [6.07, 6.45) is 8.10. The third-order valence-corrected chi connectivity index (χ3v) is 3.30. The fraction of sp³-hybridized carbons (Fsp3) is 0.222. The topological polar surface area (TPSA) is 38.0 Å². The summed E-state index contributed by atoms with van der Waals surface area (Å²) in [5, 5.41) is 3.28. The third-order valence-electron chi connectivity index (χ3n) is 3.30. The first-order valence-electron chi connectivity index (χ1n) is 6.92. The Morgan fingerprint density at radius 2 is 2.10 bits per heavy atom. The summed E-state index contributed by atoms with van der Waals surface area (Å²) in [4.78, 5) is 0. The largest absolute Gasteiger partial charge is 0.399 e. The van der Waals surface area contributed by atoms with Gasteiger partial charge in [-0.05, 0) is 61.1 Å². The van der Waals surface area contributed by atoms with E-state index in [2.05, 4.69) is 36.7 Å². The van der Waals surface area contributed by atoms with Crippen LogP contribution in [0.25, 0.3) is 0 Å². The number of rotatable bonds is 6. The minimum absolute atomic E-state index is 0.665. The highest BCUT2D eigenvalue weighted by Crippen LogP contribution is 2.40. The molecule has 0 bridgehead atoms. The van der Waals surface area contributed by atoms with Crippen molar-refractivity contribution in [1.82, 2.24) is 0 Å². The molecular weight excluding hydrogens is 244 g/mol. The van der Waals surface area contributed by atoms with Crippen LogP contribution in [0.2, 0.25) is 0 Å². The standard InChI is InChI=1S/C18H22N2/c1-4-13(2)10-17(19)11-14(3)20-18-7-5-6-16(12-18)15-8-9-15/h4-7,10-12,15,20H,1,3,8-9,19H2,2H3/b13-10+,17-11+. The van der Waals surface area contributed by atoms with Crippen molar-refractivity contribution in [3.63, 3.8) is 0 Å². The Labute approximate surface area is 121 Å². The summed E-state index contributed by atoms with van der Waals surface area (Å²) < 4.78 is 0. The molecule has 0 heterocycles. The average molecular weight is 266 g/mol. The van der Waals surface area contributed by atoms with Crippen molar-refractivity contribution in [2.24, 2.45) is 5.73 Å². The summed E-state index contributed by atoms with van der Waals surface area (Å²) >= 11 is 0. The highest BCUT2D eigenvalue weighted by Gasteiger charge is 2.23. The van der Waals surface area contributed by atoms with Crippen molar-refractivity contribution in [3.05, 3.63) is 78.2 Å². The first kappa shape index (κ1) is 14.2. The Bertz CT molecular complexity index is 575. The smallest absolute Gasteiger partial charge is 0.0386 e. The fourth-order valence-electron chi connectivity index (χ4n) is 2.07. The van der Waals surface area contributed by atoms with E-state index in [-0.39, 0.29) is 0 Å². The van der Waals surface area contributed by atoms with E-state index in [1.165, 1.54) is 18.4 Å². The van der Waals surface area contributed by atoms with Gasteiger partial charge in [0, 0.05) is 17.1 Å². The van der Waals surface area contributed by atoms with Crippen molar-refractivity contribution in [2.75, 3.05) is 5.32 Å². The number of nitrogens with one attached hydrogen (secondary N) is 1. The van der Waals surface area contributed by atoms with Crippen LogP contribution in [0.5, 0.6) is 0 Å². The molecule has 1 aliphatic carbocycles. The molecule has 0 spiro atoms. The number of benzene rings is 1. The van der Waals surface area contributed by atoms with Gasteiger partial charge in [-0.3, -0.25) is 0 Å². The van der Waals surface area contributed by atoms with Gasteiger partial charge in [-0.15, -0.1) is 0 Å². The van der Waals surface area contributed by atoms with E-state index in [1.807, 2.05) is 25.1 Å². The Hall–Kier alpha value is -2.22. The molecule has 0 unspecified atom stereocenters. The quantitative estimate of drug-likeness (QED) is 0.746. The van der Waals surface area contributed by atoms with Gasteiger partial charge in [0.25, 0.3) is 0 Å². The van der Waals surface area contributed by atoms with Crippen molar-refractivity contribution >= 4 is 5.69 Å². The molecule has 3 N–H and O–H groups in total. The Morgan fingerprint density at radius 3 is 2.75 bits per heavy atom. The van der Waals surface area contributed by atoms with Gasteiger partial charge in [-0.2, -0.15) is 0 Å². The van der Waals surface area contributed by atoms with Crippen molar-refractivity contribution in [3.8, 4) is 0 Å². The second kappa shape index (κ2) is 6.29. The van der Waals surface area contributed by atoms with E-state index < -0.39 is 0 Å². The average Bonchev–Trinajstić information content (AvgIpc) is 3.22. The van der Waals surface area contributed by atoms with Crippen LogP contribution < -0.4 is 11.1 Å².